The largest absolute Gasteiger partial charge is 0.295 e. The third-order valence-corrected chi connectivity index (χ3v) is 4.70. The van der Waals surface area contributed by atoms with Gasteiger partial charge in [0.1, 0.15) is 5.69 Å². The predicted molar refractivity (Wildman–Crippen MR) is 86.3 cm³/mol. The SMILES string of the molecule is CC(C)c1scnc1C(=O)Nc1nc(-c2cnn(C)c2)ns1. The Labute approximate surface area is 135 Å². The summed E-state index contributed by atoms with van der Waals surface area (Å²) in [6.07, 6.45) is 3.51. The first-order chi connectivity index (χ1) is 10.5. The summed E-state index contributed by atoms with van der Waals surface area (Å²) in [7, 11) is 1.83. The van der Waals surface area contributed by atoms with E-state index in [4.69, 9.17) is 0 Å². The van der Waals surface area contributed by atoms with E-state index < -0.39 is 0 Å². The molecule has 0 unspecified atom stereocenters. The number of carbonyl (C=O) groups is 1. The number of rotatable bonds is 4. The lowest BCUT2D eigenvalue weighted by Crippen LogP contribution is -2.14. The van der Waals surface area contributed by atoms with Crippen molar-refractivity contribution in [2.45, 2.75) is 19.8 Å². The fraction of sp³-hybridized carbons (Fsp3) is 0.308. The topological polar surface area (TPSA) is 85.6 Å². The number of aromatic nitrogens is 5. The minimum Gasteiger partial charge on any atom is -0.295 e. The molecule has 0 saturated heterocycles. The van der Waals surface area contributed by atoms with Crippen LogP contribution in [0.4, 0.5) is 5.13 Å². The van der Waals surface area contributed by atoms with Gasteiger partial charge in [-0.25, -0.2) is 4.98 Å². The van der Waals surface area contributed by atoms with Gasteiger partial charge in [0.2, 0.25) is 5.13 Å². The highest BCUT2D eigenvalue weighted by Gasteiger charge is 2.19. The summed E-state index contributed by atoms with van der Waals surface area (Å²) >= 11 is 2.62. The Bertz CT molecular complexity index is 803. The maximum Gasteiger partial charge on any atom is 0.277 e. The molecule has 3 heterocycles. The lowest BCUT2D eigenvalue weighted by atomic mass is 10.1. The summed E-state index contributed by atoms with van der Waals surface area (Å²) in [5.41, 5.74) is 2.96. The van der Waals surface area contributed by atoms with Crippen molar-refractivity contribution < 1.29 is 4.79 Å². The van der Waals surface area contributed by atoms with E-state index in [0.29, 0.717) is 16.6 Å². The summed E-state index contributed by atoms with van der Waals surface area (Å²) in [6, 6.07) is 0. The van der Waals surface area contributed by atoms with Crippen molar-refractivity contribution in [1.29, 1.82) is 0 Å². The number of carbonyl (C=O) groups excluding carboxylic acids is 1. The smallest absolute Gasteiger partial charge is 0.277 e. The van der Waals surface area contributed by atoms with E-state index in [1.165, 1.54) is 11.3 Å². The zero-order valence-corrected chi connectivity index (χ0v) is 13.9. The second-order valence-corrected chi connectivity index (χ2v) is 6.64. The monoisotopic (exact) mass is 334 g/mol. The van der Waals surface area contributed by atoms with Crippen molar-refractivity contribution in [2.24, 2.45) is 7.05 Å². The van der Waals surface area contributed by atoms with Crippen molar-refractivity contribution in [3.8, 4) is 11.4 Å². The molecule has 0 atom stereocenters. The van der Waals surface area contributed by atoms with Gasteiger partial charge in [-0.3, -0.25) is 14.8 Å². The van der Waals surface area contributed by atoms with E-state index in [1.54, 1.807) is 16.4 Å². The molecule has 3 rings (SSSR count). The number of hydrogen-bond donors (Lipinski definition) is 1. The van der Waals surface area contributed by atoms with Crippen LogP contribution in [0.3, 0.4) is 0 Å². The van der Waals surface area contributed by atoms with E-state index in [2.05, 4.69) is 24.8 Å². The third kappa shape index (κ3) is 2.90. The van der Waals surface area contributed by atoms with Gasteiger partial charge in [0.05, 0.1) is 17.3 Å². The Morgan fingerprint density at radius 3 is 2.91 bits per heavy atom. The van der Waals surface area contributed by atoms with Crippen LogP contribution in [0, 0.1) is 0 Å². The first kappa shape index (κ1) is 14.8. The Morgan fingerprint density at radius 1 is 1.41 bits per heavy atom. The minimum absolute atomic E-state index is 0.251. The Morgan fingerprint density at radius 2 is 2.23 bits per heavy atom. The second kappa shape index (κ2) is 5.93. The zero-order valence-electron chi connectivity index (χ0n) is 12.3. The number of aryl methyl sites for hydroxylation is 1. The molecule has 0 radical (unpaired) electrons. The fourth-order valence-corrected chi connectivity index (χ4v) is 3.31. The highest BCUT2D eigenvalue weighted by molar-refractivity contribution is 7.10. The predicted octanol–water partition coefficient (Wildman–Crippen LogP) is 2.77. The summed E-state index contributed by atoms with van der Waals surface area (Å²) in [5.74, 6) is 0.559. The molecule has 22 heavy (non-hydrogen) atoms. The van der Waals surface area contributed by atoms with Gasteiger partial charge >= 0.3 is 0 Å². The van der Waals surface area contributed by atoms with Crippen LogP contribution in [0.25, 0.3) is 11.4 Å². The number of amides is 1. The molecule has 0 fully saturated rings. The van der Waals surface area contributed by atoms with Gasteiger partial charge in [0.25, 0.3) is 5.91 Å². The maximum atomic E-state index is 12.3. The van der Waals surface area contributed by atoms with Crippen molar-refractivity contribution in [1.82, 2.24) is 24.1 Å². The molecule has 0 aliphatic carbocycles. The van der Waals surface area contributed by atoms with Crippen LogP contribution in [-0.2, 0) is 7.05 Å². The Hall–Kier alpha value is -2.13. The molecule has 1 N–H and O–H groups in total. The normalized spacial score (nSPS) is 11.1. The fourth-order valence-electron chi connectivity index (χ4n) is 1.92. The van der Waals surface area contributed by atoms with E-state index in [9.17, 15) is 4.79 Å². The van der Waals surface area contributed by atoms with E-state index >= 15 is 0 Å². The van der Waals surface area contributed by atoms with Gasteiger partial charge in [-0.15, -0.1) is 11.3 Å². The molecule has 114 valence electrons. The summed E-state index contributed by atoms with van der Waals surface area (Å²) < 4.78 is 5.92. The van der Waals surface area contributed by atoms with Gasteiger partial charge in [-0.1, -0.05) is 13.8 Å². The van der Waals surface area contributed by atoms with Gasteiger partial charge < -0.3 is 0 Å². The van der Waals surface area contributed by atoms with Gasteiger partial charge in [0.15, 0.2) is 5.82 Å². The van der Waals surface area contributed by atoms with Crippen LogP contribution in [-0.4, -0.2) is 30.0 Å². The summed E-state index contributed by atoms with van der Waals surface area (Å²) in [6.45, 7) is 4.07. The van der Waals surface area contributed by atoms with Gasteiger partial charge in [-0.05, 0) is 5.92 Å². The number of hydrogen-bond acceptors (Lipinski definition) is 7. The Balaban J connectivity index is 1.77. The molecule has 0 aliphatic heterocycles. The molecule has 3 aromatic heterocycles. The van der Waals surface area contributed by atoms with E-state index in [-0.39, 0.29) is 11.8 Å². The average Bonchev–Trinajstić information content (AvgIpc) is 3.16. The molecule has 7 nitrogen and oxygen atoms in total. The lowest BCUT2D eigenvalue weighted by molar-refractivity contribution is 0.102. The maximum absolute atomic E-state index is 12.3. The number of anilines is 1. The summed E-state index contributed by atoms with van der Waals surface area (Å²) in [4.78, 5) is 21.7. The highest BCUT2D eigenvalue weighted by Crippen LogP contribution is 2.25. The number of nitrogens with zero attached hydrogens (tertiary/aromatic N) is 5. The second-order valence-electron chi connectivity index (χ2n) is 5.00. The van der Waals surface area contributed by atoms with Crippen LogP contribution in [0.15, 0.2) is 17.9 Å². The van der Waals surface area contributed by atoms with E-state index in [1.807, 2.05) is 27.1 Å². The van der Waals surface area contributed by atoms with Crippen molar-refractivity contribution in [3.63, 3.8) is 0 Å². The van der Waals surface area contributed by atoms with Gasteiger partial charge in [0, 0.05) is 29.7 Å². The molecule has 0 spiro atoms. The molecular weight excluding hydrogens is 320 g/mol. The first-order valence-electron chi connectivity index (χ1n) is 6.62. The lowest BCUT2D eigenvalue weighted by Gasteiger charge is -2.04. The molecular formula is C13H14N6OS2. The van der Waals surface area contributed by atoms with Crippen LogP contribution >= 0.6 is 22.9 Å². The molecule has 9 heteroatoms. The third-order valence-electron chi connectivity index (χ3n) is 2.94. The zero-order chi connectivity index (χ0) is 15.7. The van der Waals surface area contributed by atoms with Crippen molar-refractivity contribution in [3.05, 3.63) is 28.5 Å². The average molecular weight is 334 g/mol. The van der Waals surface area contributed by atoms with E-state index in [0.717, 1.165) is 22.0 Å². The molecule has 3 aromatic rings. The molecule has 1 amide bonds. The molecule has 0 aliphatic rings. The Kier molecular flexibility index (Phi) is 3.99. The molecule has 0 bridgehead atoms. The first-order valence-corrected chi connectivity index (χ1v) is 8.27. The number of thiazole rings is 1. The van der Waals surface area contributed by atoms with Gasteiger partial charge in [-0.2, -0.15) is 14.5 Å². The van der Waals surface area contributed by atoms with Crippen LogP contribution < -0.4 is 5.32 Å². The highest BCUT2D eigenvalue weighted by atomic mass is 32.1. The molecule has 0 aromatic carbocycles. The van der Waals surface area contributed by atoms with Crippen LogP contribution in [0.2, 0.25) is 0 Å². The standard InChI is InChI=1S/C13H14N6OS2/c1-7(2)10-9(14-6-21-10)12(20)17-13-16-11(18-22-13)8-4-15-19(3)5-8/h4-7H,1-3H3,(H,16,17,18,20). The quantitative estimate of drug-likeness (QED) is 0.793. The van der Waals surface area contributed by atoms with Crippen molar-refractivity contribution >= 4 is 33.9 Å². The minimum atomic E-state index is -0.251. The summed E-state index contributed by atoms with van der Waals surface area (Å²) in [5, 5.41) is 7.29. The number of nitrogens with one attached hydrogen (secondary N) is 1. The molecule has 0 saturated carbocycles. The van der Waals surface area contributed by atoms with Crippen LogP contribution in [0.5, 0.6) is 0 Å². The van der Waals surface area contributed by atoms with Crippen LogP contribution in [0.1, 0.15) is 35.1 Å². The van der Waals surface area contributed by atoms with Crippen molar-refractivity contribution in [2.75, 3.05) is 5.32 Å².